The van der Waals surface area contributed by atoms with E-state index in [1.54, 1.807) is 0 Å². The molecule has 1 rings (SSSR count). The molecule has 0 aliphatic rings. The van der Waals surface area contributed by atoms with Crippen molar-refractivity contribution in [1.29, 1.82) is 0 Å². The Morgan fingerprint density at radius 2 is 2.10 bits per heavy atom. The van der Waals surface area contributed by atoms with Crippen molar-refractivity contribution in [3.63, 3.8) is 0 Å². The van der Waals surface area contributed by atoms with Crippen molar-refractivity contribution in [1.82, 2.24) is 4.98 Å². The highest BCUT2D eigenvalue weighted by Gasteiger charge is 2.08. The largest absolute Gasteiger partial charge is 0.457 e. The van der Waals surface area contributed by atoms with Gasteiger partial charge in [-0.25, -0.2) is 14.2 Å². The molecule has 0 atom stereocenters. The molecule has 1 heterocycles. The van der Waals surface area contributed by atoms with Crippen molar-refractivity contribution in [2.24, 2.45) is 0 Å². The second kappa shape index (κ2) is 8.25. The van der Waals surface area contributed by atoms with Crippen LogP contribution in [-0.4, -0.2) is 17.6 Å². The lowest BCUT2D eigenvalue weighted by atomic mass is 10.1. The van der Waals surface area contributed by atoms with E-state index in [9.17, 15) is 9.18 Å². The molecule has 0 unspecified atom stereocenters. The van der Waals surface area contributed by atoms with E-state index >= 15 is 0 Å². The van der Waals surface area contributed by atoms with Crippen molar-refractivity contribution in [2.75, 3.05) is 6.61 Å². The Bertz CT molecular complexity index is 517. The van der Waals surface area contributed by atoms with Crippen LogP contribution in [0.3, 0.4) is 0 Å². The van der Waals surface area contributed by atoms with Crippen LogP contribution in [0, 0.1) is 5.82 Å². The minimum absolute atomic E-state index is 0.0133. The molecule has 0 amide bonds. The molecule has 1 aromatic heterocycles. The van der Waals surface area contributed by atoms with Crippen LogP contribution in [0.1, 0.15) is 44.1 Å². The summed E-state index contributed by atoms with van der Waals surface area (Å²) < 4.78 is 17.9. The number of aromatic nitrogens is 1. The summed E-state index contributed by atoms with van der Waals surface area (Å²) in [7, 11) is 0. The van der Waals surface area contributed by atoms with Crippen molar-refractivity contribution in [3.05, 3.63) is 53.1 Å². The SMILES string of the molecule is CC(C)=CCC/C(C)=C/COC(=O)c1cc(F)ccn1. The molecule has 0 aliphatic heterocycles. The fraction of sp³-hybridized carbons (Fsp3) is 0.375. The van der Waals surface area contributed by atoms with Gasteiger partial charge in [-0.1, -0.05) is 17.2 Å². The molecular formula is C16H20FNO2. The van der Waals surface area contributed by atoms with Crippen molar-refractivity contribution < 1.29 is 13.9 Å². The number of allylic oxidation sites excluding steroid dienone is 3. The maximum absolute atomic E-state index is 12.9. The first-order valence-corrected chi connectivity index (χ1v) is 6.56. The number of ether oxygens (including phenoxy) is 1. The standard InChI is InChI=1S/C16H20FNO2/c1-12(2)5-4-6-13(3)8-10-20-16(19)15-11-14(17)7-9-18-15/h5,7-9,11H,4,6,10H2,1-3H3/b13-8+. The quantitative estimate of drug-likeness (QED) is 0.581. The van der Waals surface area contributed by atoms with Gasteiger partial charge >= 0.3 is 5.97 Å². The molecule has 0 aromatic carbocycles. The summed E-state index contributed by atoms with van der Waals surface area (Å²) in [4.78, 5) is 15.4. The predicted octanol–water partition coefficient (Wildman–Crippen LogP) is 4.07. The molecule has 0 saturated heterocycles. The van der Waals surface area contributed by atoms with Crippen LogP contribution >= 0.6 is 0 Å². The molecule has 0 aliphatic carbocycles. The maximum atomic E-state index is 12.9. The maximum Gasteiger partial charge on any atom is 0.357 e. The van der Waals surface area contributed by atoms with Gasteiger partial charge in [-0.3, -0.25) is 0 Å². The van der Waals surface area contributed by atoms with E-state index in [0.29, 0.717) is 0 Å². The summed E-state index contributed by atoms with van der Waals surface area (Å²) in [5.74, 6) is -1.11. The lowest BCUT2D eigenvalue weighted by molar-refractivity contribution is 0.0541. The van der Waals surface area contributed by atoms with Gasteiger partial charge in [-0.05, 0) is 45.8 Å². The zero-order chi connectivity index (χ0) is 15.0. The van der Waals surface area contributed by atoms with E-state index in [2.05, 4.69) is 24.9 Å². The Balaban J connectivity index is 2.39. The van der Waals surface area contributed by atoms with E-state index in [-0.39, 0.29) is 12.3 Å². The number of carbonyl (C=O) groups is 1. The smallest absolute Gasteiger partial charge is 0.357 e. The summed E-state index contributed by atoms with van der Waals surface area (Å²) in [6, 6.07) is 2.25. The second-order valence-electron chi connectivity index (χ2n) is 4.83. The molecular weight excluding hydrogens is 257 g/mol. The van der Waals surface area contributed by atoms with Crippen LogP contribution in [0.4, 0.5) is 4.39 Å². The van der Waals surface area contributed by atoms with Crippen LogP contribution < -0.4 is 0 Å². The van der Waals surface area contributed by atoms with E-state index < -0.39 is 11.8 Å². The zero-order valence-electron chi connectivity index (χ0n) is 12.1. The molecule has 0 saturated carbocycles. The predicted molar refractivity (Wildman–Crippen MR) is 76.9 cm³/mol. The highest BCUT2D eigenvalue weighted by Crippen LogP contribution is 2.07. The number of rotatable bonds is 6. The molecule has 0 bridgehead atoms. The number of esters is 1. The lowest BCUT2D eigenvalue weighted by Crippen LogP contribution is -2.07. The molecule has 0 spiro atoms. The van der Waals surface area contributed by atoms with Crippen LogP contribution in [0.5, 0.6) is 0 Å². The molecule has 20 heavy (non-hydrogen) atoms. The number of hydrogen-bond donors (Lipinski definition) is 0. The number of carbonyl (C=O) groups excluding carboxylic acids is 1. The number of halogens is 1. The summed E-state index contributed by atoms with van der Waals surface area (Å²) in [6.07, 6.45) is 7.17. The van der Waals surface area contributed by atoms with E-state index in [0.717, 1.165) is 24.5 Å². The Morgan fingerprint density at radius 1 is 1.35 bits per heavy atom. The highest BCUT2D eigenvalue weighted by molar-refractivity contribution is 5.87. The first-order chi connectivity index (χ1) is 9.49. The molecule has 108 valence electrons. The van der Waals surface area contributed by atoms with Crippen LogP contribution in [-0.2, 0) is 4.74 Å². The van der Waals surface area contributed by atoms with Gasteiger partial charge in [0.1, 0.15) is 12.4 Å². The zero-order valence-corrected chi connectivity index (χ0v) is 12.1. The number of pyridine rings is 1. The van der Waals surface area contributed by atoms with Crippen LogP contribution in [0.15, 0.2) is 41.6 Å². The normalized spacial score (nSPS) is 11.1. The Hall–Kier alpha value is -1.97. The minimum atomic E-state index is -0.613. The molecule has 0 fully saturated rings. The van der Waals surface area contributed by atoms with Gasteiger partial charge in [-0.15, -0.1) is 0 Å². The third-order valence-corrected chi connectivity index (χ3v) is 2.67. The van der Waals surface area contributed by atoms with Gasteiger partial charge in [0.05, 0.1) is 0 Å². The lowest BCUT2D eigenvalue weighted by Gasteiger charge is -2.03. The molecule has 3 nitrogen and oxygen atoms in total. The molecule has 1 aromatic rings. The summed E-state index contributed by atoms with van der Waals surface area (Å²) in [6.45, 7) is 6.30. The van der Waals surface area contributed by atoms with E-state index in [4.69, 9.17) is 4.74 Å². The third-order valence-electron chi connectivity index (χ3n) is 2.67. The van der Waals surface area contributed by atoms with Gasteiger partial charge in [0.2, 0.25) is 0 Å². The average molecular weight is 277 g/mol. The Morgan fingerprint density at radius 3 is 2.75 bits per heavy atom. The third kappa shape index (κ3) is 6.27. The molecule has 0 N–H and O–H groups in total. The fourth-order valence-electron chi connectivity index (χ4n) is 1.54. The first kappa shape index (κ1) is 16.1. The van der Waals surface area contributed by atoms with Crippen molar-refractivity contribution >= 4 is 5.97 Å². The van der Waals surface area contributed by atoms with Gasteiger partial charge in [0.15, 0.2) is 5.69 Å². The Labute approximate surface area is 119 Å². The van der Waals surface area contributed by atoms with Crippen molar-refractivity contribution in [3.8, 4) is 0 Å². The topological polar surface area (TPSA) is 39.2 Å². The fourth-order valence-corrected chi connectivity index (χ4v) is 1.54. The first-order valence-electron chi connectivity index (χ1n) is 6.56. The minimum Gasteiger partial charge on any atom is -0.457 e. The molecule has 0 radical (unpaired) electrons. The molecule has 4 heteroatoms. The number of hydrogen-bond acceptors (Lipinski definition) is 3. The van der Waals surface area contributed by atoms with Crippen LogP contribution in [0.2, 0.25) is 0 Å². The average Bonchev–Trinajstić information content (AvgIpc) is 2.38. The van der Waals surface area contributed by atoms with Crippen molar-refractivity contribution in [2.45, 2.75) is 33.6 Å². The van der Waals surface area contributed by atoms with Gasteiger partial charge in [0.25, 0.3) is 0 Å². The monoisotopic (exact) mass is 277 g/mol. The number of nitrogens with zero attached hydrogens (tertiary/aromatic N) is 1. The summed E-state index contributed by atoms with van der Waals surface area (Å²) in [5.41, 5.74) is 2.43. The summed E-state index contributed by atoms with van der Waals surface area (Å²) in [5, 5.41) is 0. The van der Waals surface area contributed by atoms with Gasteiger partial charge in [-0.2, -0.15) is 0 Å². The van der Waals surface area contributed by atoms with Gasteiger partial charge in [0, 0.05) is 12.3 Å². The Kier molecular flexibility index (Phi) is 6.64. The summed E-state index contributed by atoms with van der Waals surface area (Å²) >= 11 is 0. The van der Waals surface area contributed by atoms with E-state index in [1.807, 2.05) is 13.0 Å². The van der Waals surface area contributed by atoms with Gasteiger partial charge < -0.3 is 4.74 Å². The highest BCUT2D eigenvalue weighted by atomic mass is 19.1. The van der Waals surface area contributed by atoms with E-state index in [1.165, 1.54) is 17.8 Å². The van der Waals surface area contributed by atoms with Crippen LogP contribution in [0.25, 0.3) is 0 Å². The second-order valence-corrected chi connectivity index (χ2v) is 4.83.